The van der Waals surface area contributed by atoms with Crippen LogP contribution in [0.2, 0.25) is 0 Å². The Morgan fingerprint density at radius 1 is 1.06 bits per heavy atom. The fourth-order valence-electron chi connectivity index (χ4n) is 4.07. The quantitative estimate of drug-likeness (QED) is 0.255. The van der Waals surface area contributed by atoms with Crippen LogP contribution in [0, 0.1) is 13.8 Å². The predicted molar refractivity (Wildman–Crippen MR) is 141 cm³/mol. The zero-order valence-electron chi connectivity index (χ0n) is 19.6. The summed E-state index contributed by atoms with van der Waals surface area (Å²) in [6.45, 7) is 3.98. The molecule has 0 saturated carbocycles. The molecule has 2 heterocycles. The van der Waals surface area contributed by atoms with Crippen molar-refractivity contribution in [1.82, 2.24) is 14.5 Å². The van der Waals surface area contributed by atoms with Gasteiger partial charge in [0.2, 0.25) is 5.91 Å². The molecule has 7 nitrogen and oxygen atoms in total. The number of para-hydroxylation sites is 3. The van der Waals surface area contributed by atoms with E-state index in [4.69, 9.17) is 9.72 Å². The normalized spacial score (nSPS) is 11.2. The molecule has 35 heavy (non-hydrogen) atoms. The number of hydrogen-bond donors (Lipinski definition) is 2. The molecule has 5 aromatic rings. The first-order chi connectivity index (χ1) is 17.0. The Hall–Kier alpha value is -4.04. The second-order valence-corrected chi connectivity index (χ2v) is 9.13. The summed E-state index contributed by atoms with van der Waals surface area (Å²) < 4.78 is 7.03. The van der Waals surface area contributed by atoms with E-state index in [-0.39, 0.29) is 17.2 Å². The van der Waals surface area contributed by atoms with Gasteiger partial charge in [0.25, 0.3) is 5.56 Å². The van der Waals surface area contributed by atoms with Crippen LogP contribution in [-0.2, 0) is 4.79 Å². The SMILES string of the molecule is COc1ccccc1-n1c(SCC(=O)Nc2cccc(C)c2C)nc2c([nH]c3ccccc32)c1=O. The molecular formula is C27H24N4O3S. The summed E-state index contributed by atoms with van der Waals surface area (Å²) in [7, 11) is 1.56. The third-order valence-electron chi connectivity index (χ3n) is 6.03. The van der Waals surface area contributed by atoms with Gasteiger partial charge in [0, 0.05) is 16.6 Å². The summed E-state index contributed by atoms with van der Waals surface area (Å²) in [5, 5.41) is 4.24. The molecule has 176 valence electrons. The Balaban J connectivity index is 1.59. The number of fused-ring (bicyclic) bond motifs is 3. The highest BCUT2D eigenvalue weighted by Crippen LogP contribution is 2.29. The molecule has 0 saturated heterocycles. The fourth-order valence-corrected chi connectivity index (χ4v) is 4.87. The van der Waals surface area contributed by atoms with Gasteiger partial charge in [-0.3, -0.25) is 9.59 Å². The first-order valence-electron chi connectivity index (χ1n) is 11.1. The van der Waals surface area contributed by atoms with Gasteiger partial charge in [-0.2, -0.15) is 0 Å². The lowest BCUT2D eigenvalue weighted by atomic mass is 10.1. The van der Waals surface area contributed by atoms with E-state index in [0.717, 1.165) is 27.7 Å². The van der Waals surface area contributed by atoms with Crippen LogP contribution in [-0.4, -0.2) is 33.3 Å². The number of rotatable bonds is 6. The van der Waals surface area contributed by atoms with Crippen LogP contribution in [0.5, 0.6) is 5.75 Å². The number of anilines is 1. The number of ether oxygens (including phenoxy) is 1. The number of thioether (sulfide) groups is 1. The Morgan fingerprint density at radius 2 is 1.83 bits per heavy atom. The number of carbonyl (C=O) groups excluding carboxylic acids is 1. The van der Waals surface area contributed by atoms with Gasteiger partial charge < -0.3 is 15.0 Å². The number of aromatic amines is 1. The van der Waals surface area contributed by atoms with Crippen LogP contribution < -0.4 is 15.6 Å². The van der Waals surface area contributed by atoms with Crippen molar-refractivity contribution in [3.63, 3.8) is 0 Å². The lowest BCUT2D eigenvalue weighted by Crippen LogP contribution is -2.23. The zero-order chi connectivity index (χ0) is 24.5. The van der Waals surface area contributed by atoms with E-state index in [1.54, 1.807) is 19.2 Å². The van der Waals surface area contributed by atoms with Crippen LogP contribution >= 0.6 is 11.8 Å². The smallest absolute Gasteiger partial charge is 0.283 e. The number of H-pyrrole nitrogens is 1. The second-order valence-electron chi connectivity index (χ2n) is 8.19. The predicted octanol–water partition coefficient (Wildman–Crippen LogP) is 5.22. The summed E-state index contributed by atoms with van der Waals surface area (Å²) in [5.41, 5.74) is 5.02. The number of nitrogens with one attached hydrogen (secondary N) is 2. The molecule has 8 heteroatoms. The second kappa shape index (κ2) is 9.31. The Kier molecular flexibility index (Phi) is 6.05. The van der Waals surface area contributed by atoms with Gasteiger partial charge in [-0.1, -0.05) is 54.2 Å². The number of aromatic nitrogens is 3. The first-order valence-corrected chi connectivity index (χ1v) is 12.1. The van der Waals surface area contributed by atoms with Gasteiger partial charge in [-0.25, -0.2) is 9.55 Å². The lowest BCUT2D eigenvalue weighted by molar-refractivity contribution is -0.113. The van der Waals surface area contributed by atoms with Crippen molar-refractivity contribution >= 4 is 45.3 Å². The van der Waals surface area contributed by atoms with E-state index in [9.17, 15) is 9.59 Å². The van der Waals surface area contributed by atoms with E-state index >= 15 is 0 Å². The molecule has 0 fully saturated rings. The van der Waals surface area contributed by atoms with Crippen LogP contribution in [0.15, 0.2) is 76.7 Å². The van der Waals surface area contributed by atoms with Crippen LogP contribution in [0.4, 0.5) is 5.69 Å². The van der Waals surface area contributed by atoms with Gasteiger partial charge in [-0.15, -0.1) is 0 Å². The minimum Gasteiger partial charge on any atom is -0.495 e. The van der Waals surface area contributed by atoms with Crippen molar-refractivity contribution in [3.8, 4) is 11.4 Å². The maximum Gasteiger partial charge on any atom is 0.283 e. The molecule has 2 N–H and O–H groups in total. The highest BCUT2D eigenvalue weighted by Gasteiger charge is 2.20. The largest absolute Gasteiger partial charge is 0.495 e. The summed E-state index contributed by atoms with van der Waals surface area (Å²) in [6.07, 6.45) is 0. The van der Waals surface area contributed by atoms with Crippen molar-refractivity contribution in [2.24, 2.45) is 0 Å². The Labute approximate surface area is 206 Å². The number of benzene rings is 3. The topological polar surface area (TPSA) is 89.0 Å². The molecule has 0 radical (unpaired) electrons. The lowest BCUT2D eigenvalue weighted by Gasteiger charge is -2.15. The third-order valence-corrected chi connectivity index (χ3v) is 6.97. The van der Waals surface area contributed by atoms with E-state index in [0.29, 0.717) is 27.6 Å². The molecule has 0 spiro atoms. The standard InChI is InChI=1S/C27H24N4O3S/c1-16-9-8-12-19(17(16)2)28-23(32)15-35-27-30-24-18-10-4-5-11-20(18)29-25(24)26(33)31(27)21-13-6-7-14-22(21)34-3/h4-14,29H,15H2,1-3H3,(H,28,32). The van der Waals surface area contributed by atoms with Gasteiger partial charge in [0.1, 0.15) is 16.8 Å². The number of amides is 1. The van der Waals surface area contributed by atoms with Gasteiger partial charge in [-0.05, 0) is 49.2 Å². The van der Waals surface area contributed by atoms with E-state index in [1.165, 1.54) is 16.3 Å². The highest BCUT2D eigenvalue weighted by molar-refractivity contribution is 7.99. The number of nitrogens with zero attached hydrogens (tertiary/aromatic N) is 2. The number of aryl methyl sites for hydroxylation is 1. The maximum atomic E-state index is 13.7. The van der Waals surface area contributed by atoms with Crippen molar-refractivity contribution in [2.75, 3.05) is 18.2 Å². The minimum absolute atomic E-state index is 0.0861. The van der Waals surface area contributed by atoms with Crippen molar-refractivity contribution in [2.45, 2.75) is 19.0 Å². The Bertz CT molecular complexity index is 1640. The average Bonchev–Trinajstić information content (AvgIpc) is 3.25. The monoisotopic (exact) mass is 484 g/mol. The van der Waals surface area contributed by atoms with E-state index < -0.39 is 0 Å². The summed E-state index contributed by atoms with van der Waals surface area (Å²) in [5.74, 6) is 0.445. The molecule has 2 aromatic heterocycles. The third kappa shape index (κ3) is 4.17. The molecule has 0 bridgehead atoms. The molecule has 3 aromatic carbocycles. The highest BCUT2D eigenvalue weighted by atomic mass is 32.2. The fraction of sp³-hybridized carbons (Fsp3) is 0.148. The molecule has 0 aliphatic heterocycles. The molecule has 0 atom stereocenters. The molecule has 0 unspecified atom stereocenters. The minimum atomic E-state index is -0.256. The first kappa shape index (κ1) is 22.7. The number of methoxy groups -OCH3 is 1. The average molecular weight is 485 g/mol. The molecule has 0 aliphatic carbocycles. The Morgan fingerprint density at radius 3 is 2.66 bits per heavy atom. The van der Waals surface area contributed by atoms with E-state index in [2.05, 4.69) is 10.3 Å². The number of carbonyl (C=O) groups is 1. The summed E-state index contributed by atoms with van der Waals surface area (Å²) in [6, 6.07) is 20.7. The van der Waals surface area contributed by atoms with Crippen LogP contribution in [0.3, 0.4) is 0 Å². The number of hydrogen-bond acceptors (Lipinski definition) is 5. The molecule has 5 rings (SSSR count). The van der Waals surface area contributed by atoms with Crippen molar-refractivity contribution in [3.05, 3.63) is 88.2 Å². The van der Waals surface area contributed by atoms with Crippen molar-refractivity contribution < 1.29 is 9.53 Å². The molecule has 0 aliphatic rings. The van der Waals surface area contributed by atoms with Gasteiger partial charge in [0.05, 0.1) is 18.6 Å². The van der Waals surface area contributed by atoms with Gasteiger partial charge in [0.15, 0.2) is 5.16 Å². The maximum absolute atomic E-state index is 13.7. The zero-order valence-corrected chi connectivity index (χ0v) is 20.4. The van der Waals surface area contributed by atoms with Gasteiger partial charge >= 0.3 is 0 Å². The summed E-state index contributed by atoms with van der Waals surface area (Å²) >= 11 is 1.21. The van der Waals surface area contributed by atoms with Crippen molar-refractivity contribution in [1.29, 1.82) is 0 Å². The molecule has 1 amide bonds. The summed E-state index contributed by atoms with van der Waals surface area (Å²) in [4.78, 5) is 34.6. The van der Waals surface area contributed by atoms with Crippen LogP contribution in [0.1, 0.15) is 11.1 Å². The van der Waals surface area contributed by atoms with Crippen LogP contribution in [0.25, 0.3) is 27.6 Å². The van der Waals surface area contributed by atoms with E-state index in [1.807, 2.05) is 68.4 Å². The molecular weight excluding hydrogens is 460 g/mol.